The van der Waals surface area contributed by atoms with E-state index in [-0.39, 0.29) is 17.2 Å². The van der Waals surface area contributed by atoms with E-state index in [9.17, 15) is 9.59 Å². The van der Waals surface area contributed by atoms with Crippen LogP contribution in [0.2, 0.25) is 0 Å². The second-order valence-corrected chi connectivity index (χ2v) is 4.81. The van der Waals surface area contributed by atoms with E-state index in [1.807, 2.05) is 0 Å². The van der Waals surface area contributed by atoms with E-state index in [4.69, 9.17) is 16.6 Å². The Morgan fingerprint density at radius 1 is 1.52 bits per heavy atom. The van der Waals surface area contributed by atoms with E-state index < -0.39 is 11.8 Å². The fourth-order valence-corrected chi connectivity index (χ4v) is 2.11. The van der Waals surface area contributed by atoms with Gasteiger partial charge in [0.15, 0.2) is 5.11 Å². The van der Waals surface area contributed by atoms with E-state index in [0.717, 1.165) is 5.57 Å². The molecule has 0 bridgehead atoms. The van der Waals surface area contributed by atoms with Gasteiger partial charge in [-0.3, -0.25) is 19.8 Å². The third-order valence-electron chi connectivity index (χ3n) is 2.78. The first-order valence-electron chi connectivity index (χ1n) is 6.24. The summed E-state index contributed by atoms with van der Waals surface area (Å²) in [7, 11) is 0. The first-order chi connectivity index (χ1) is 10.0. The SMILES string of the molecule is C=CCN1C(=O)/C(=C/C(C)=C\c2ccco2)C(=O)NC1=S. The second-order valence-electron chi connectivity index (χ2n) is 4.43. The fraction of sp³-hybridized carbons (Fsp3) is 0.133. The lowest BCUT2D eigenvalue weighted by molar-refractivity contribution is -0.128. The minimum atomic E-state index is -0.502. The van der Waals surface area contributed by atoms with Crippen molar-refractivity contribution in [3.63, 3.8) is 0 Å². The third-order valence-corrected chi connectivity index (χ3v) is 3.11. The maximum atomic E-state index is 12.3. The molecule has 1 aromatic rings. The number of amides is 2. The van der Waals surface area contributed by atoms with E-state index in [1.165, 1.54) is 11.0 Å². The van der Waals surface area contributed by atoms with Crippen LogP contribution in [-0.4, -0.2) is 28.4 Å². The van der Waals surface area contributed by atoms with Crippen molar-refractivity contribution in [3.05, 3.63) is 54.0 Å². The molecule has 1 aliphatic heterocycles. The summed E-state index contributed by atoms with van der Waals surface area (Å²) in [4.78, 5) is 25.5. The van der Waals surface area contributed by atoms with Gasteiger partial charge in [0.25, 0.3) is 11.8 Å². The number of carbonyl (C=O) groups excluding carboxylic acids is 2. The molecule has 2 rings (SSSR count). The van der Waals surface area contributed by atoms with Crippen molar-refractivity contribution < 1.29 is 14.0 Å². The van der Waals surface area contributed by atoms with Gasteiger partial charge in [-0.1, -0.05) is 6.08 Å². The number of hydrogen-bond acceptors (Lipinski definition) is 4. The van der Waals surface area contributed by atoms with Crippen LogP contribution < -0.4 is 5.32 Å². The van der Waals surface area contributed by atoms with Gasteiger partial charge in [0.2, 0.25) is 0 Å². The molecule has 1 aromatic heterocycles. The molecule has 0 atom stereocenters. The molecule has 2 amide bonds. The first-order valence-corrected chi connectivity index (χ1v) is 6.65. The highest BCUT2D eigenvalue weighted by atomic mass is 32.1. The molecule has 6 heteroatoms. The van der Waals surface area contributed by atoms with E-state index in [1.54, 1.807) is 37.5 Å². The van der Waals surface area contributed by atoms with Gasteiger partial charge < -0.3 is 4.42 Å². The zero-order valence-corrected chi connectivity index (χ0v) is 12.3. The Morgan fingerprint density at radius 3 is 2.90 bits per heavy atom. The number of nitrogens with zero attached hydrogens (tertiary/aromatic N) is 1. The van der Waals surface area contributed by atoms with Gasteiger partial charge in [0.05, 0.1) is 6.26 Å². The minimum absolute atomic E-state index is 0.0331. The van der Waals surface area contributed by atoms with Crippen molar-refractivity contribution in [3.8, 4) is 0 Å². The molecule has 0 radical (unpaired) electrons. The Hall–Kier alpha value is -2.47. The number of nitrogens with one attached hydrogen (secondary N) is 1. The predicted molar refractivity (Wildman–Crippen MR) is 83.1 cm³/mol. The van der Waals surface area contributed by atoms with Crippen molar-refractivity contribution in [1.82, 2.24) is 10.2 Å². The maximum Gasteiger partial charge on any atom is 0.265 e. The molecule has 0 aliphatic carbocycles. The molecule has 21 heavy (non-hydrogen) atoms. The molecule has 1 aliphatic rings. The van der Waals surface area contributed by atoms with Crippen LogP contribution in [0.25, 0.3) is 6.08 Å². The molecule has 1 saturated heterocycles. The highest BCUT2D eigenvalue weighted by molar-refractivity contribution is 7.80. The van der Waals surface area contributed by atoms with Crippen molar-refractivity contribution in [2.24, 2.45) is 0 Å². The van der Waals surface area contributed by atoms with Gasteiger partial charge in [0.1, 0.15) is 11.3 Å². The van der Waals surface area contributed by atoms with Crippen LogP contribution in [0.5, 0.6) is 0 Å². The summed E-state index contributed by atoms with van der Waals surface area (Å²) in [5.74, 6) is -0.292. The Morgan fingerprint density at radius 2 is 2.29 bits per heavy atom. The lowest BCUT2D eigenvalue weighted by Crippen LogP contribution is -2.53. The highest BCUT2D eigenvalue weighted by Crippen LogP contribution is 2.15. The Kier molecular flexibility index (Phi) is 4.49. The zero-order valence-electron chi connectivity index (χ0n) is 11.5. The van der Waals surface area contributed by atoms with Crippen LogP contribution >= 0.6 is 12.2 Å². The summed E-state index contributed by atoms with van der Waals surface area (Å²) in [5.41, 5.74) is 0.751. The average Bonchev–Trinajstić information content (AvgIpc) is 2.92. The summed E-state index contributed by atoms with van der Waals surface area (Å²) in [5, 5.41) is 2.58. The van der Waals surface area contributed by atoms with E-state index in [2.05, 4.69) is 11.9 Å². The molecule has 1 N–H and O–H groups in total. The Balaban J connectivity index is 2.30. The molecule has 108 valence electrons. The molecular weight excluding hydrogens is 288 g/mol. The van der Waals surface area contributed by atoms with Crippen LogP contribution in [0.1, 0.15) is 12.7 Å². The number of allylic oxidation sites excluding steroid dienone is 2. The van der Waals surface area contributed by atoms with Crippen molar-refractivity contribution in [1.29, 1.82) is 0 Å². The fourth-order valence-electron chi connectivity index (χ4n) is 1.86. The molecular formula is C15H14N2O3S. The summed E-state index contributed by atoms with van der Waals surface area (Å²) in [6, 6.07) is 3.54. The standard InChI is InChI=1S/C15H14N2O3S/c1-3-6-17-14(19)12(13(18)16-15(17)21)9-10(2)8-11-5-4-7-20-11/h3-5,7-9H,1,6H2,2H3,(H,16,18,21)/b10-8-,12-9+. The second kappa shape index (κ2) is 6.32. The van der Waals surface area contributed by atoms with Crippen LogP contribution in [0.3, 0.4) is 0 Å². The van der Waals surface area contributed by atoms with Gasteiger partial charge in [-0.25, -0.2) is 0 Å². The van der Waals surface area contributed by atoms with Crippen LogP contribution in [0.4, 0.5) is 0 Å². The summed E-state index contributed by atoms with van der Waals surface area (Å²) < 4.78 is 5.19. The van der Waals surface area contributed by atoms with Gasteiger partial charge in [-0.05, 0) is 49.0 Å². The van der Waals surface area contributed by atoms with Crippen LogP contribution in [0, 0.1) is 0 Å². The molecule has 2 heterocycles. The minimum Gasteiger partial charge on any atom is -0.465 e. The Labute approximate surface area is 127 Å². The molecule has 0 saturated carbocycles. The van der Waals surface area contributed by atoms with E-state index in [0.29, 0.717) is 5.76 Å². The van der Waals surface area contributed by atoms with Crippen molar-refractivity contribution >= 4 is 35.2 Å². The van der Waals surface area contributed by atoms with Crippen LogP contribution in [-0.2, 0) is 9.59 Å². The molecule has 5 nitrogen and oxygen atoms in total. The molecule has 0 unspecified atom stereocenters. The lowest BCUT2D eigenvalue weighted by atomic mass is 10.1. The lowest BCUT2D eigenvalue weighted by Gasteiger charge is -2.27. The number of thiocarbonyl (C=S) groups is 1. The van der Waals surface area contributed by atoms with Crippen molar-refractivity contribution in [2.45, 2.75) is 6.92 Å². The Bertz CT molecular complexity index is 656. The molecule has 1 fully saturated rings. The number of carbonyl (C=O) groups is 2. The summed E-state index contributed by atoms with van der Waals surface area (Å²) in [6.07, 6.45) is 6.34. The monoisotopic (exact) mass is 302 g/mol. The van der Waals surface area contributed by atoms with Gasteiger partial charge in [-0.15, -0.1) is 6.58 Å². The summed E-state index contributed by atoms with van der Waals surface area (Å²) in [6.45, 7) is 5.59. The number of hydrogen-bond donors (Lipinski definition) is 1. The normalized spacial score (nSPS) is 18.1. The molecule has 0 spiro atoms. The quantitative estimate of drug-likeness (QED) is 0.400. The topological polar surface area (TPSA) is 62.6 Å². The average molecular weight is 302 g/mol. The predicted octanol–water partition coefficient (Wildman–Crippen LogP) is 2.04. The van der Waals surface area contributed by atoms with Gasteiger partial charge >= 0.3 is 0 Å². The third kappa shape index (κ3) is 3.35. The number of furan rings is 1. The largest absolute Gasteiger partial charge is 0.465 e. The maximum absolute atomic E-state index is 12.3. The highest BCUT2D eigenvalue weighted by Gasteiger charge is 2.32. The van der Waals surface area contributed by atoms with Gasteiger partial charge in [-0.2, -0.15) is 0 Å². The summed E-state index contributed by atoms with van der Waals surface area (Å²) >= 11 is 4.98. The van der Waals surface area contributed by atoms with Gasteiger partial charge in [0, 0.05) is 6.54 Å². The first kappa shape index (κ1) is 14.9. The van der Waals surface area contributed by atoms with Crippen LogP contribution in [0.15, 0.2) is 52.7 Å². The zero-order chi connectivity index (χ0) is 15.4. The van der Waals surface area contributed by atoms with E-state index >= 15 is 0 Å². The molecule has 0 aromatic carbocycles. The van der Waals surface area contributed by atoms with Crippen molar-refractivity contribution in [2.75, 3.05) is 6.54 Å². The smallest absolute Gasteiger partial charge is 0.265 e. The number of rotatable bonds is 4.